The van der Waals surface area contributed by atoms with E-state index in [1.165, 1.54) is 11.6 Å². The van der Waals surface area contributed by atoms with Gasteiger partial charge in [0.05, 0.1) is 6.10 Å². The molecule has 0 unspecified atom stereocenters. The zero-order valence-electron chi connectivity index (χ0n) is 15.1. The second-order valence-electron chi connectivity index (χ2n) is 8.55. The number of aliphatic hydroxyl groups is 1. The Hall–Kier alpha value is -1.09. The van der Waals surface area contributed by atoms with Gasteiger partial charge < -0.3 is 10.2 Å². The van der Waals surface area contributed by atoms with Crippen LogP contribution in [0.2, 0.25) is 0 Å². The van der Waals surface area contributed by atoms with E-state index in [0.717, 1.165) is 44.1 Å². The lowest BCUT2D eigenvalue weighted by atomic mass is 9.46. The Morgan fingerprint density at radius 3 is 2.61 bits per heavy atom. The minimum absolute atomic E-state index is 0.0576. The molecule has 0 saturated heterocycles. The first-order valence-electron chi connectivity index (χ1n) is 8.85. The molecule has 0 amide bonds. The molecule has 0 aromatic rings. The quantitative estimate of drug-likeness (QED) is 0.589. The molecule has 2 saturated carbocycles. The maximum atomic E-state index is 10.8. The van der Waals surface area contributed by atoms with E-state index >= 15 is 0 Å². The Morgan fingerprint density at radius 2 is 2.00 bits per heavy atom. The van der Waals surface area contributed by atoms with Gasteiger partial charge in [-0.3, -0.25) is 0 Å². The van der Waals surface area contributed by atoms with Gasteiger partial charge in [0.15, 0.2) is 0 Å². The van der Waals surface area contributed by atoms with Crippen LogP contribution in [0.25, 0.3) is 0 Å². The highest BCUT2D eigenvalue weighted by atomic mass is 16.4. The third kappa shape index (κ3) is 3.40. The number of hydrogen-bond acceptors (Lipinski definition) is 2. The maximum absolute atomic E-state index is 10.8. The second kappa shape index (κ2) is 6.43. The summed E-state index contributed by atoms with van der Waals surface area (Å²) in [6.45, 7) is 13.0. The minimum atomic E-state index is -0.865. The summed E-state index contributed by atoms with van der Waals surface area (Å²) in [6.07, 6.45) is 6.90. The van der Waals surface area contributed by atoms with Crippen LogP contribution in [0.15, 0.2) is 23.8 Å². The van der Waals surface area contributed by atoms with Crippen LogP contribution in [0.4, 0.5) is 0 Å². The lowest BCUT2D eigenvalue weighted by Crippen LogP contribution is -2.54. The first-order chi connectivity index (χ1) is 10.6. The molecule has 0 spiro atoms. The van der Waals surface area contributed by atoms with Crippen molar-refractivity contribution in [2.45, 2.75) is 72.3 Å². The van der Waals surface area contributed by atoms with Gasteiger partial charge in [0, 0.05) is 6.08 Å². The highest BCUT2D eigenvalue weighted by molar-refractivity contribution is 5.80. The number of aliphatic hydroxyl groups excluding tert-OH is 1. The van der Waals surface area contributed by atoms with Gasteiger partial charge in [0.2, 0.25) is 0 Å². The molecule has 0 aliphatic heterocycles. The van der Waals surface area contributed by atoms with Crippen LogP contribution in [-0.2, 0) is 4.79 Å². The van der Waals surface area contributed by atoms with E-state index in [0.29, 0.717) is 11.8 Å². The number of carboxylic acids is 1. The van der Waals surface area contributed by atoms with E-state index < -0.39 is 5.97 Å². The van der Waals surface area contributed by atoms with Gasteiger partial charge in [-0.2, -0.15) is 0 Å². The molecule has 0 radical (unpaired) electrons. The van der Waals surface area contributed by atoms with E-state index in [1.807, 2.05) is 6.92 Å². The Kier molecular flexibility index (Phi) is 5.10. The van der Waals surface area contributed by atoms with Gasteiger partial charge in [0.25, 0.3) is 0 Å². The normalized spacial score (nSPS) is 37.3. The summed E-state index contributed by atoms with van der Waals surface area (Å²) in [5, 5.41) is 19.3. The van der Waals surface area contributed by atoms with Crippen LogP contribution in [0, 0.1) is 22.7 Å². The molecule has 2 rings (SSSR count). The van der Waals surface area contributed by atoms with Crippen LogP contribution >= 0.6 is 0 Å². The summed E-state index contributed by atoms with van der Waals surface area (Å²) >= 11 is 0. The van der Waals surface area contributed by atoms with Gasteiger partial charge in [-0.1, -0.05) is 38.5 Å². The predicted molar refractivity (Wildman–Crippen MR) is 93.1 cm³/mol. The molecule has 2 fully saturated rings. The zero-order valence-corrected chi connectivity index (χ0v) is 15.1. The number of fused-ring (bicyclic) bond motifs is 1. The SMILES string of the molecule is C=C1CC[C@@H]2C(C)(C)[C@@H](O)CC[C@@]2(C)[C@@H]1CCC(C)=CC(=O)O. The first kappa shape index (κ1) is 18.3. The summed E-state index contributed by atoms with van der Waals surface area (Å²) in [4.78, 5) is 10.8. The fraction of sp³-hybridized carbons (Fsp3) is 0.750. The first-order valence-corrected chi connectivity index (χ1v) is 8.85. The summed E-state index contributed by atoms with van der Waals surface area (Å²) < 4.78 is 0. The molecule has 3 nitrogen and oxygen atoms in total. The van der Waals surface area contributed by atoms with Crippen molar-refractivity contribution in [3.05, 3.63) is 23.8 Å². The van der Waals surface area contributed by atoms with E-state index in [9.17, 15) is 9.90 Å². The summed E-state index contributed by atoms with van der Waals surface area (Å²) in [5.41, 5.74) is 2.35. The zero-order chi connectivity index (χ0) is 17.4. The monoisotopic (exact) mass is 320 g/mol. The number of carbonyl (C=O) groups is 1. The average molecular weight is 320 g/mol. The molecule has 0 aromatic heterocycles. The molecule has 4 atom stereocenters. The van der Waals surface area contributed by atoms with Crippen LogP contribution in [0.3, 0.4) is 0 Å². The Bertz CT molecular complexity index is 517. The lowest BCUT2D eigenvalue weighted by Gasteiger charge is -2.59. The molecular weight excluding hydrogens is 288 g/mol. The fourth-order valence-electron chi connectivity index (χ4n) is 5.35. The molecule has 0 heterocycles. The van der Waals surface area contributed by atoms with E-state index in [4.69, 9.17) is 5.11 Å². The molecule has 2 aliphatic rings. The molecule has 2 aliphatic carbocycles. The summed E-state index contributed by atoms with van der Waals surface area (Å²) in [6, 6.07) is 0. The van der Waals surface area contributed by atoms with E-state index in [-0.39, 0.29) is 16.9 Å². The molecule has 3 heteroatoms. The van der Waals surface area contributed by atoms with Gasteiger partial charge in [-0.25, -0.2) is 4.79 Å². The number of hydrogen-bond donors (Lipinski definition) is 2. The third-order valence-corrected chi connectivity index (χ3v) is 6.75. The van der Waals surface area contributed by atoms with E-state index in [1.54, 1.807) is 0 Å². The highest BCUT2D eigenvalue weighted by Crippen LogP contribution is 2.61. The van der Waals surface area contributed by atoms with Crippen molar-refractivity contribution in [1.29, 1.82) is 0 Å². The number of rotatable bonds is 4. The lowest BCUT2D eigenvalue weighted by molar-refractivity contribution is -0.131. The van der Waals surface area contributed by atoms with Crippen molar-refractivity contribution < 1.29 is 15.0 Å². The Morgan fingerprint density at radius 1 is 1.35 bits per heavy atom. The molecule has 23 heavy (non-hydrogen) atoms. The van der Waals surface area contributed by atoms with Gasteiger partial charge in [-0.15, -0.1) is 0 Å². The maximum Gasteiger partial charge on any atom is 0.328 e. The van der Waals surface area contributed by atoms with Gasteiger partial charge in [-0.05, 0) is 68.1 Å². The summed E-state index contributed by atoms with van der Waals surface area (Å²) in [5.74, 6) is 0.0548. The molecule has 130 valence electrons. The van der Waals surface area contributed by atoms with Crippen molar-refractivity contribution in [3.63, 3.8) is 0 Å². The molecule has 2 N–H and O–H groups in total. The second-order valence-corrected chi connectivity index (χ2v) is 8.55. The predicted octanol–water partition coefficient (Wildman–Crippen LogP) is 4.57. The van der Waals surface area contributed by atoms with Crippen molar-refractivity contribution in [2.75, 3.05) is 0 Å². The van der Waals surface area contributed by atoms with Crippen molar-refractivity contribution in [1.82, 2.24) is 0 Å². The Labute approximate surface area is 140 Å². The van der Waals surface area contributed by atoms with Gasteiger partial charge in [0.1, 0.15) is 0 Å². The average Bonchev–Trinajstić information content (AvgIpc) is 2.42. The molecular formula is C20H32O3. The van der Waals surface area contributed by atoms with Crippen LogP contribution in [0.5, 0.6) is 0 Å². The van der Waals surface area contributed by atoms with E-state index in [2.05, 4.69) is 27.4 Å². The molecule has 0 aromatic carbocycles. The number of aliphatic carboxylic acids is 1. The number of allylic oxidation sites excluding steroid dienone is 2. The number of carboxylic acid groups (broad SMARTS) is 1. The third-order valence-electron chi connectivity index (χ3n) is 6.75. The van der Waals surface area contributed by atoms with Crippen molar-refractivity contribution in [3.8, 4) is 0 Å². The smallest absolute Gasteiger partial charge is 0.328 e. The topological polar surface area (TPSA) is 57.5 Å². The van der Waals surface area contributed by atoms with Crippen LogP contribution < -0.4 is 0 Å². The van der Waals surface area contributed by atoms with Crippen molar-refractivity contribution >= 4 is 5.97 Å². The van der Waals surface area contributed by atoms with Crippen LogP contribution in [-0.4, -0.2) is 22.3 Å². The van der Waals surface area contributed by atoms with Gasteiger partial charge >= 0.3 is 5.97 Å². The summed E-state index contributed by atoms with van der Waals surface area (Å²) in [7, 11) is 0. The standard InChI is InChI=1S/C20H32O3/c1-13(12-18(22)23)6-8-15-14(2)7-9-16-19(3,4)17(21)10-11-20(15,16)5/h12,15-17,21H,2,6-11H2,1,3-5H3,(H,22,23)/t15-,16-,17+,20+/m1/s1. The Balaban J connectivity index is 2.21. The highest BCUT2D eigenvalue weighted by Gasteiger charge is 2.55. The fourth-order valence-corrected chi connectivity index (χ4v) is 5.35. The minimum Gasteiger partial charge on any atom is -0.478 e. The molecule has 0 bridgehead atoms. The van der Waals surface area contributed by atoms with Crippen LogP contribution in [0.1, 0.15) is 66.2 Å². The largest absolute Gasteiger partial charge is 0.478 e. The van der Waals surface area contributed by atoms with Crippen molar-refractivity contribution in [2.24, 2.45) is 22.7 Å².